The lowest BCUT2D eigenvalue weighted by molar-refractivity contribution is -0.136. The average molecular weight is 130 g/mol. The van der Waals surface area contributed by atoms with Gasteiger partial charge in [-0.1, -0.05) is 11.8 Å². The zero-order valence-corrected chi connectivity index (χ0v) is 4.73. The molecule has 1 heterocycles. The molecule has 0 aromatic carbocycles. The van der Waals surface area contributed by atoms with Gasteiger partial charge in [0.25, 0.3) is 0 Å². The SMILES string of the molecule is O=C(O)C1NC=[C]S1. The van der Waals surface area contributed by atoms with E-state index in [1.54, 1.807) is 0 Å². The third-order valence-electron chi connectivity index (χ3n) is 0.704. The summed E-state index contributed by atoms with van der Waals surface area (Å²) in [6.07, 6.45) is 1.50. The van der Waals surface area contributed by atoms with Gasteiger partial charge in [0.2, 0.25) is 0 Å². The van der Waals surface area contributed by atoms with Crippen molar-refractivity contribution in [3.63, 3.8) is 0 Å². The highest BCUT2D eigenvalue weighted by Crippen LogP contribution is 2.13. The van der Waals surface area contributed by atoms with Crippen molar-refractivity contribution in [3.8, 4) is 0 Å². The molecule has 1 unspecified atom stereocenters. The normalized spacial score (nSPS) is 25.2. The van der Waals surface area contributed by atoms with Gasteiger partial charge in [-0.25, -0.2) is 4.79 Å². The smallest absolute Gasteiger partial charge is 0.337 e. The molecule has 8 heavy (non-hydrogen) atoms. The highest BCUT2D eigenvalue weighted by molar-refractivity contribution is 8.02. The Morgan fingerprint density at radius 3 is 3.00 bits per heavy atom. The van der Waals surface area contributed by atoms with E-state index in [4.69, 9.17) is 5.11 Å². The van der Waals surface area contributed by atoms with Crippen molar-refractivity contribution in [2.75, 3.05) is 0 Å². The second kappa shape index (κ2) is 2.09. The number of rotatable bonds is 1. The maximum Gasteiger partial charge on any atom is 0.337 e. The molecule has 0 bridgehead atoms. The molecule has 1 aliphatic rings. The summed E-state index contributed by atoms with van der Waals surface area (Å²) in [5.41, 5.74) is 0. The van der Waals surface area contributed by atoms with Crippen LogP contribution in [0.25, 0.3) is 0 Å². The van der Waals surface area contributed by atoms with Crippen LogP contribution >= 0.6 is 11.8 Å². The summed E-state index contributed by atoms with van der Waals surface area (Å²) >= 11 is 1.13. The van der Waals surface area contributed by atoms with E-state index in [2.05, 4.69) is 10.7 Å². The van der Waals surface area contributed by atoms with Crippen molar-refractivity contribution in [1.82, 2.24) is 5.32 Å². The fourth-order valence-electron chi connectivity index (χ4n) is 0.367. The van der Waals surface area contributed by atoms with Gasteiger partial charge >= 0.3 is 5.97 Å². The molecular formula is C4H4NO2S. The van der Waals surface area contributed by atoms with E-state index in [0.29, 0.717) is 0 Å². The van der Waals surface area contributed by atoms with Gasteiger partial charge in [0.05, 0.1) is 0 Å². The van der Waals surface area contributed by atoms with Crippen LogP contribution in [0.3, 0.4) is 0 Å². The summed E-state index contributed by atoms with van der Waals surface area (Å²) in [5.74, 6) is -0.851. The van der Waals surface area contributed by atoms with Crippen LogP contribution < -0.4 is 5.32 Å². The van der Waals surface area contributed by atoms with Crippen LogP contribution in [0.5, 0.6) is 0 Å². The van der Waals surface area contributed by atoms with Crippen molar-refractivity contribution >= 4 is 17.7 Å². The Balaban J connectivity index is 2.41. The second-order valence-corrected chi connectivity index (χ2v) is 2.21. The molecule has 4 heteroatoms. The number of hydrogen-bond donors (Lipinski definition) is 2. The van der Waals surface area contributed by atoms with Gasteiger partial charge in [-0.05, 0) is 0 Å². The molecule has 0 aromatic rings. The first-order valence-electron chi connectivity index (χ1n) is 2.02. The molecule has 3 nitrogen and oxygen atoms in total. The number of carboxylic acid groups (broad SMARTS) is 1. The maximum absolute atomic E-state index is 10.1. The van der Waals surface area contributed by atoms with Crippen molar-refractivity contribution in [2.24, 2.45) is 0 Å². The average Bonchev–Trinajstić information content (AvgIpc) is 2.12. The number of aliphatic carboxylic acids is 1. The molecular weight excluding hydrogens is 126 g/mol. The van der Waals surface area contributed by atoms with Crippen molar-refractivity contribution in [1.29, 1.82) is 0 Å². The third-order valence-corrected chi connectivity index (χ3v) is 1.53. The predicted octanol–water partition coefficient (Wildman–Crippen LogP) is 0.00789. The molecule has 0 amide bonds. The summed E-state index contributed by atoms with van der Waals surface area (Å²) in [6.45, 7) is 0. The van der Waals surface area contributed by atoms with Crippen molar-refractivity contribution in [2.45, 2.75) is 5.37 Å². The summed E-state index contributed by atoms with van der Waals surface area (Å²) in [5, 5.41) is 13.0. The van der Waals surface area contributed by atoms with Crippen LogP contribution in [0.15, 0.2) is 6.20 Å². The Hall–Kier alpha value is -0.640. The minimum atomic E-state index is -0.851. The molecule has 1 atom stereocenters. The lowest BCUT2D eigenvalue weighted by Gasteiger charge is -1.99. The highest BCUT2D eigenvalue weighted by atomic mass is 32.2. The van der Waals surface area contributed by atoms with Crippen molar-refractivity contribution < 1.29 is 9.90 Å². The molecule has 1 rings (SSSR count). The second-order valence-electron chi connectivity index (χ2n) is 1.26. The summed E-state index contributed by atoms with van der Waals surface area (Å²) in [7, 11) is 0. The first-order valence-corrected chi connectivity index (χ1v) is 2.90. The topological polar surface area (TPSA) is 49.3 Å². The number of thioether (sulfide) groups is 1. The lowest BCUT2D eigenvalue weighted by atomic mass is 10.6. The summed E-state index contributed by atoms with van der Waals surface area (Å²) < 4.78 is 0. The van der Waals surface area contributed by atoms with Gasteiger partial charge in [-0.3, -0.25) is 0 Å². The zero-order chi connectivity index (χ0) is 5.98. The van der Waals surface area contributed by atoms with E-state index < -0.39 is 11.3 Å². The van der Waals surface area contributed by atoms with E-state index in [-0.39, 0.29) is 0 Å². The van der Waals surface area contributed by atoms with E-state index in [0.717, 1.165) is 11.8 Å². The zero-order valence-electron chi connectivity index (χ0n) is 3.92. The quantitative estimate of drug-likeness (QED) is 0.525. The van der Waals surface area contributed by atoms with Gasteiger partial charge in [-0.2, -0.15) is 0 Å². The Labute approximate surface area is 50.8 Å². The van der Waals surface area contributed by atoms with Crippen LogP contribution in [-0.2, 0) is 4.79 Å². The Bertz CT molecular complexity index is 126. The predicted molar refractivity (Wildman–Crippen MR) is 30.0 cm³/mol. The van der Waals surface area contributed by atoms with E-state index in [9.17, 15) is 4.79 Å². The molecule has 1 aliphatic heterocycles. The van der Waals surface area contributed by atoms with Gasteiger partial charge in [0, 0.05) is 11.6 Å². The van der Waals surface area contributed by atoms with E-state index in [1.165, 1.54) is 6.20 Å². The molecule has 0 aromatic heterocycles. The third kappa shape index (κ3) is 0.949. The molecule has 1 radical (unpaired) electrons. The fraction of sp³-hybridized carbons (Fsp3) is 0.250. The summed E-state index contributed by atoms with van der Waals surface area (Å²) in [4.78, 5) is 10.1. The molecule has 0 fully saturated rings. The lowest BCUT2D eigenvalue weighted by Crippen LogP contribution is -2.25. The van der Waals surface area contributed by atoms with Gasteiger partial charge in [0.1, 0.15) is 0 Å². The van der Waals surface area contributed by atoms with Crippen LogP contribution in [0.1, 0.15) is 0 Å². The number of nitrogens with one attached hydrogen (secondary N) is 1. The van der Waals surface area contributed by atoms with Crippen LogP contribution in [0.4, 0.5) is 0 Å². The minimum Gasteiger partial charge on any atom is -0.479 e. The van der Waals surface area contributed by atoms with Crippen molar-refractivity contribution in [3.05, 3.63) is 11.6 Å². The minimum absolute atomic E-state index is 0.519. The Morgan fingerprint density at radius 1 is 2.00 bits per heavy atom. The molecule has 43 valence electrons. The molecule has 0 aliphatic carbocycles. The summed E-state index contributed by atoms with van der Waals surface area (Å²) in [6, 6.07) is 0. The van der Waals surface area contributed by atoms with Crippen LogP contribution in [-0.4, -0.2) is 16.4 Å². The first kappa shape index (κ1) is 5.50. The standard InChI is InChI=1S/C4H4NO2S/c6-4(7)3-5-1-2-8-3/h1,3,5H,(H,6,7). The number of hydrogen-bond acceptors (Lipinski definition) is 3. The Kier molecular flexibility index (Phi) is 1.43. The van der Waals surface area contributed by atoms with E-state index in [1.807, 2.05) is 0 Å². The Morgan fingerprint density at radius 2 is 2.75 bits per heavy atom. The monoisotopic (exact) mass is 130 g/mol. The van der Waals surface area contributed by atoms with Gasteiger partial charge in [-0.15, -0.1) is 0 Å². The maximum atomic E-state index is 10.1. The fourth-order valence-corrected chi connectivity index (χ4v) is 0.877. The number of carbonyl (C=O) groups is 1. The molecule has 2 N–H and O–H groups in total. The van der Waals surface area contributed by atoms with E-state index >= 15 is 0 Å². The van der Waals surface area contributed by atoms with Gasteiger partial charge < -0.3 is 10.4 Å². The molecule has 0 saturated carbocycles. The highest BCUT2D eigenvalue weighted by Gasteiger charge is 2.17. The van der Waals surface area contributed by atoms with Gasteiger partial charge in [0.15, 0.2) is 5.37 Å². The molecule has 0 saturated heterocycles. The number of carboxylic acids is 1. The first-order chi connectivity index (χ1) is 3.80. The van der Waals surface area contributed by atoms with Crippen LogP contribution in [0, 0.1) is 5.41 Å². The molecule has 0 spiro atoms. The van der Waals surface area contributed by atoms with Crippen LogP contribution in [0.2, 0.25) is 0 Å². The largest absolute Gasteiger partial charge is 0.479 e.